The van der Waals surface area contributed by atoms with Gasteiger partial charge in [0.15, 0.2) is 11.6 Å². The molecule has 0 spiro atoms. The van der Waals surface area contributed by atoms with E-state index in [1.807, 2.05) is 0 Å². The first-order valence-electron chi connectivity index (χ1n) is 14.5. The van der Waals surface area contributed by atoms with Gasteiger partial charge in [-0.25, -0.2) is 9.59 Å². The van der Waals surface area contributed by atoms with Gasteiger partial charge in [0.25, 0.3) is 0 Å². The zero-order valence-corrected chi connectivity index (χ0v) is 25.1. The lowest BCUT2D eigenvalue weighted by molar-refractivity contribution is -0.190. The van der Waals surface area contributed by atoms with E-state index < -0.39 is 105 Å². The van der Waals surface area contributed by atoms with Crippen LogP contribution in [0.15, 0.2) is 24.3 Å². The lowest BCUT2D eigenvalue weighted by Crippen LogP contribution is -2.70. The summed E-state index contributed by atoms with van der Waals surface area (Å²) in [6.45, 7) is 3.02. The van der Waals surface area contributed by atoms with Gasteiger partial charge in [0, 0.05) is 24.0 Å². The molecular formula is C32H30O14. The van der Waals surface area contributed by atoms with Gasteiger partial charge in [0.1, 0.15) is 69.7 Å². The first-order chi connectivity index (χ1) is 21.7. The average Bonchev–Trinajstić information content (AvgIpc) is 3.01. The van der Waals surface area contributed by atoms with Gasteiger partial charge in [0.2, 0.25) is 11.2 Å². The van der Waals surface area contributed by atoms with Crippen molar-refractivity contribution in [1.29, 1.82) is 0 Å². The molecule has 0 amide bonds. The molecule has 8 atom stereocenters. The van der Waals surface area contributed by atoms with Crippen LogP contribution in [0.2, 0.25) is 0 Å². The molecule has 2 aromatic rings. The number of hydrogen-bond donors (Lipinski definition) is 4. The van der Waals surface area contributed by atoms with Gasteiger partial charge in [-0.05, 0) is 36.1 Å². The predicted octanol–water partition coefficient (Wildman–Crippen LogP) is 0.911. The molecule has 14 nitrogen and oxygen atoms in total. The van der Waals surface area contributed by atoms with Gasteiger partial charge >= 0.3 is 11.9 Å². The maximum absolute atomic E-state index is 13.9. The minimum absolute atomic E-state index is 0.208. The van der Waals surface area contributed by atoms with E-state index in [1.165, 1.54) is 38.1 Å². The van der Waals surface area contributed by atoms with Crippen LogP contribution in [0.1, 0.15) is 47.4 Å². The molecule has 14 heteroatoms. The minimum Gasteiger partial charge on any atom is -0.506 e. The predicted molar refractivity (Wildman–Crippen MR) is 151 cm³/mol. The Balaban J connectivity index is 1.50. The van der Waals surface area contributed by atoms with Crippen molar-refractivity contribution in [2.24, 2.45) is 23.7 Å². The molecule has 0 aromatic heterocycles. The lowest BCUT2D eigenvalue weighted by Gasteiger charge is -2.48. The van der Waals surface area contributed by atoms with Gasteiger partial charge in [0.05, 0.1) is 14.2 Å². The third-order valence-corrected chi connectivity index (χ3v) is 9.66. The number of aliphatic hydroxyl groups excluding tert-OH is 2. The SMILES string of the molecule is COC(=O)[C@]12Oc3ccc(-c4ccc5c(c4O)C(=O)C4C(=O)C[C@@H](C)[C@H](O)[C@@]4(C(=O)OC)O5)c(O)c3C(=O)C1C(=O)C[C@@H](C)[C@@H]2O. The summed E-state index contributed by atoms with van der Waals surface area (Å²) in [5, 5.41) is 44.8. The Morgan fingerprint density at radius 3 is 1.37 bits per heavy atom. The molecule has 4 aliphatic rings. The molecule has 2 unspecified atom stereocenters. The Morgan fingerprint density at radius 1 is 0.696 bits per heavy atom. The standard InChI is InChI=1S/C32H30O14/c1-11-9-15(33)21-25(37)19-17(45-31(21,27(11)39)29(41)43-3)7-5-13(23(19)35)14-6-8-18-20(24(14)36)26(38)22-16(34)10-12(2)28(40)32(22,46-18)30(42)44-4/h5-8,11-12,21-22,27-28,35-36,39-40H,9-10H2,1-4H3/t11-,12-,21?,22?,27+,28+,31+,32+/m1/s1. The van der Waals surface area contributed by atoms with E-state index >= 15 is 0 Å². The Labute approximate surface area is 260 Å². The highest BCUT2D eigenvalue weighted by atomic mass is 16.6. The highest BCUT2D eigenvalue weighted by molar-refractivity contribution is 6.21. The van der Waals surface area contributed by atoms with E-state index in [0.717, 1.165) is 14.2 Å². The number of phenols is 2. The van der Waals surface area contributed by atoms with E-state index in [2.05, 4.69) is 0 Å². The number of Topliss-reactive ketones (excluding diaryl/α,β-unsaturated/α-hetero) is 4. The van der Waals surface area contributed by atoms with Crippen LogP contribution in [0.3, 0.4) is 0 Å². The summed E-state index contributed by atoms with van der Waals surface area (Å²) in [4.78, 5) is 80.0. The second kappa shape index (κ2) is 10.4. The number of carbonyl (C=O) groups is 6. The van der Waals surface area contributed by atoms with Gasteiger partial charge in [-0.15, -0.1) is 0 Å². The second-order valence-electron chi connectivity index (χ2n) is 12.2. The van der Waals surface area contributed by atoms with Crippen molar-refractivity contribution in [3.63, 3.8) is 0 Å². The van der Waals surface area contributed by atoms with E-state index in [-0.39, 0.29) is 35.5 Å². The van der Waals surface area contributed by atoms with Crippen LogP contribution >= 0.6 is 0 Å². The number of ketones is 4. The highest BCUT2D eigenvalue weighted by Crippen LogP contribution is 2.54. The molecule has 2 heterocycles. The van der Waals surface area contributed by atoms with Crippen LogP contribution < -0.4 is 9.47 Å². The van der Waals surface area contributed by atoms with Crippen LogP contribution in [0, 0.1) is 23.7 Å². The lowest BCUT2D eigenvalue weighted by atomic mass is 9.64. The number of aliphatic hydroxyl groups is 2. The van der Waals surface area contributed by atoms with Crippen molar-refractivity contribution in [2.45, 2.75) is 50.1 Å². The largest absolute Gasteiger partial charge is 0.506 e. The topological polar surface area (TPSA) is 220 Å². The van der Waals surface area contributed by atoms with Gasteiger partial charge < -0.3 is 39.4 Å². The fraction of sp³-hybridized carbons (Fsp3) is 0.438. The minimum atomic E-state index is -2.40. The van der Waals surface area contributed by atoms with Crippen LogP contribution in [0.5, 0.6) is 23.0 Å². The van der Waals surface area contributed by atoms with E-state index in [0.29, 0.717) is 0 Å². The fourth-order valence-electron chi connectivity index (χ4n) is 7.44. The summed E-state index contributed by atoms with van der Waals surface area (Å²) < 4.78 is 21.4. The average molecular weight is 639 g/mol. The first kappa shape index (κ1) is 31.2. The second-order valence-corrected chi connectivity index (χ2v) is 12.2. The first-order valence-corrected chi connectivity index (χ1v) is 14.5. The number of carbonyl (C=O) groups excluding carboxylic acids is 6. The molecule has 2 aliphatic carbocycles. The molecular weight excluding hydrogens is 608 g/mol. The molecule has 46 heavy (non-hydrogen) atoms. The van der Waals surface area contributed by atoms with E-state index in [1.54, 1.807) is 0 Å². The van der Waals surface area contributed by atoms with Crippen molar-refractivity contribution < 1.29 is 68.1 Å². The molecule has 6 rings (SSSR count). The molecule has 2 aromatic carbocycles. The summed E-state index contributed by atoms with van der Waals surface area (Å²) in [6, 6.07) is 4.78. The number of ether oxygens (including phenoxy) is 4. The van der Waals surface area contributed by atoms with Crippen molar-refractivity contribution in [1.82, 2.24) is 0 Å². The molecule has 0 bridgehead atoms. The Morgan fingerprint density at radius 2 is 1.04 bits per heavy atom. The van der Waals surface area contributed by atoms with Crippen LogP contribution in [-0.4, -0.2) is 93.1 Å². The van der Waals surface area contributed by atoms with Crippen molar-refractivity contribution in [3.05, 3.63) is 35.4 Å². The Hall–Kier alpha value is -4.82. The Kier molecular flexibility index (Phi) is 7.02. The normalized spacial score (nSPS) is 33.0. The molecule has 0 saturated heterocycles. The number of hydrogen-bond acceptors (Lipinski definition) is 14. The van der Waals surface area contributed by atoms with Crippen molar-refractivity contribution in [3.8, 4) is 34.1 Å². The van der Waals surface area contributed by atoms with Crippen molar-refractivity contribution in [2.75, 3.05) is 14.2 Å². The van der Waals surface area contributed by atoms with Gasteiger partial charge in [-0.2, -0.15) is 0 Å². The monoisotopic (exact) mass is 638 g/mol. The molecule has 4 N–H and O–H groups in total. The molecule has 2 aliphatic heterocycles. The third kappa shape index (κ3) is 3.76. The number of esters is 2. The van der Waals surface area contributed by atoms with Gasteiger partial charge in [-0.1, -0.05) is 13.8 Å². The Bertz CT molecular complexity index is 1630. The number of benzene rings is 2. The summed E-state index contributed by atoms with van der Waals surface area (Å²) in [7, 11) is 2.02. The summed E-state index contributed by atoms with van der Waals surface area (Å²) in [6.07, 6.45) is -3.75. The number of fused-ring (bicyclic) bond motifs is 4. The summed E-state index contributed by atoms with van der Waals surface area (Å²) >= 11 is 0. The highest BCUT2D eigenvalue weighted by Gasteiger charge is 2.69. The van der Waals surface area contributed by atoms with Crippen LogP contribution in [0.25, 0.3) is 11.1 Å². The smallest absolute Gasteiger partial charge is 0.354 e. The molecule has 2 saturated carbocycles. The summed E-state index contributed by atoms with van der Waals surface area (Å²) in [5.41, 5.74) is -6.25. The van der Waals surface area contributed by atoms with Crippen molar-refractivity contribution >= 4 is 35.1 Å². The molecule has 0 radical (unpaired) electrons. The zero-order valence-electron chi connectivity index (χ0n) is 25.1. The molecule has 2 fully saturated rings. The maximum atomic E-state index is 13.9. The maximum Gasteiger partial charge on any atom is 0.354 e. The zero-order chi connectivity index (χ0) is 33.6. The van der Waals surface area contributed by atoms with Crippen LogP contribution in [0.4, 0.5) is 0 Å². The fourth-order valence-corrected chi connectivity index (χ4v) is 7.44. The van der Waals surface area contributed by atoms with E-state index in [4.69, 9.17) is 18.9 Å². The number of rotatable bonds is 3. The van der Waals surface area contributed by atoms with Gasteiger partial charge in [-0.3, -0.25) is 19.2 Å². The number of aromatic hydroxyl groups is 2. The number of phenolic OH excluding ortho intramolecular Hbond substituents is 2. The summed E-state index contributed by atoms with van der Waals surface area (Å²) in [5.74, 6) is -13.3. The quantitative estimate of drug-likeness (QED) is 0.271. The third-order valence-electron chi connectivity index (χ3n) is 9.66. The van der Waals surface area contributed by atoms with E-state index in [9.17, 15) is 49.2 Å². The number of methoxy groups -OCH3 is 2. The molecule has 242 valence electrons. The van der Waals surface area contributed by atoms with Crippen LogP contribution in [-0.2, 0) is 28.7 Å².